The van der Waals surface area contributed by atoms with Gasteiger partial charge in [0.1, 0.15) is 29.8 Å². The number of carbonyl (C=O) groups excluding carboxylic acids is 1. The quantitative estimate of drug-likeness (QED) is 0.114. The van der Waals surface area contributed by atoms with E-state index in [-0.39, 0.29) is 12.5 Å². The minimum atomic E-state index is -3.82. The number of hydrogen-bond acceptors (Lipinski definition) is 10. The molecule has 0 aliphatic heterocycles. The van der Waals surface area contributed by atoms with Gasteiger partial charge in [-0.2, -0.15) is 0 Å². The Labute approximate surface area is 243 Å². The number of carbonyl (C=O) groups is 1. The topological polar surface area (TPSA) is 156 Å². The number of aromatic nitrogens is 4. The van der Waals surface area contributed by atoms with Gasteiger partial charge in [-0.1, -0.05) is 39.3 Å². The molecule has 12 nitrogen and oxygen atoms in total. The molecule has 0 spiro atoms. The molecule has 1 saturated carbocycles. The van der Waals surface area contributed by atoms with Crippen LogP contribution in [0.1, 0.15) is 93.4 Å². The second-order valence-corrected chi connectivity index (χ2v) is 14.4. The first-order chi connectivity index (χ1) is 19.3. The monoisotopic (exact) mass is 593 g/mol. The molecular weight excluding hydrogens is 545 g/mol. The zero-order valence-corrected chi connectivity index (χ0v) is 26.5. The normalized spacial score (nSPS) is 17.0. The summed E-state index contributed by atoms with van der Waals surface area (Å²) in [6, 6.07) is 0. The first-order valence-electron chi connectivity index (χ1n) is 14.6. The predicted octanol–water partition coefficient (Wildman–Crippen LogP) is 5.67. The van der Waals surface area contributed by atoms with Gasteiger partial charge in [-0.05, 0) is 71.1 Å². The molecule has 2 aromatic rings. The highest BCUT2D eigenvalue weighted by molar-refractivity contribution is 7.56. The zero-order valence-electron chi connectivity index (χ0n) is 25.6. The summed E-state index contributed by atoms with van der Waals surface area (Å²) in [6.45, 7) is 13.9. The molecule has 0 bridgehead atoms. The van der Waals surface area contributed by atoms with Crippen LogP contribution in [0.15, 0.2) is 17.8 Å². The first-order valence-corrected chi connectivity index (χ1v) is 16.5. The molecular formula is C28H48N7O5P. The molecule has 3 N–H and O–H groups in total. The second-order valence-electron chi connectivity index (χ2n) is 12.4. The van der Waals surface area contributed by atoms with Crippen LogP contribution in [0.5, 0.6) is 0 Å². The maximum atomic E-state index is 14.2. The molecule has 2 atom stereocenters. The van der Waals surface area contributed by atoms with Gasteiger partial charge in [-0.15, -0.1) is 0 Å². The number of esters is 1. The first kappa shape index (κ1) is 32.9. The summed E-state index contributed by atoms with van der Waals surface area (Å²) in [5.41, 5.74) is 6.51. The number of nitrogens with zero attached hydrogens (tertiary/aromatic N) is 5. The summed E-state index contributed by atoms with van der Waals surface area (Å²) in [5.74, 6) is 0.522. The van der Waals surface area contributed by atoms with Crippen molar-refractivity contribution in [3.05, 3.63) is 12.7 Å². The van der Waals surface area contributed by atoms with Crippen molar-refractivity contribution in [3.8, 4) is 0 Å². The Bertz CT molecular complexity index is 1210. The van der Waals surface area contributed by atoms with E-state index in [1.54, 1.807) is 24.7 Å². The van der Waals surface area contributed by atoms with E-state index in [1.165, 1.54) is 6.33 Å². The van der Waals surface area contributed by atoms with Crippen LogP contribution in [0.4, 0.5) is 5.82 Å². The molecule has 41 heavy (non-hydrogen) atoms. The van der Waals surface area contributed by atoms with Gasteiger partial charge in [0, 0.05) is 0 Å². The lowest BCUT2D eigenvalue weighted by atomic mass is 9.97. The number of nitrogens with two attached hydrogens (primary N) is 1. The van der Waals surface area contributed by atoms with Crippen molar-refractivity contribution in [1.29, 1.82) is 0 Å². The van der Waals surface area contributed by atoms with Crippen molar-refractivity contribution in [3.63, 3.8) is 0 Å². The van der Waals surface area contributed by atoms with E-state index < -0.39 is 25.1 Å². The molecule has 1 fully saturated rings. The molecule has 0 radical (unpaired) electrons. The molecule has 2 aromatic heterocycles. The van der Waals surface area contributed by atoms with Gasteiger partial charge < -0.3 is 24.4 Å². The van der Waals surface area contributed by atoms with Gasteiger partial charge in [0.05, 0.1) is 24.7 Å². The largest absolute Gasteiger partial charge is 0.461 e. The zero-order chi connectivity index (χ0) is 30.2. The minimum absolute atomic E-state index is 0.126. The smallest absolute Gasteiger partial charge is 0.365 e. The molecule has 1 aliphatic carbocycles. The van der Waals surface area contributed by atoms with Crippen molar-refractivity contribution in [2.75, 3.05) is 12.1 Å². The lowest BCUT2D eigenvalue weighted by Crippen LogP contribution is -2.48. The summed E-state index contributed by atoms with van der Waals surface area (Å²) in [4.78, 5) is 25.7. The summed E-state index contributed by atoms with van der Waals surface area (Å²) in [6.07, 6.45) is 8.47. The Morgan fingerprint density at radius 1 is 1.12 bits per heavy atom. The highest BCUT2D eigenvalue weighted by atomic mass is 31.2. The highest BCUT2D eigenvalue weighted by Gasteiger charge is 2.41. The van der Waals surface area contributed by atoms with Gasteiger partial charge in [-0.3, -0.25) is 9.36 Å². The van der Waals surface area contributed by atoms with Crippen LogP contribution in [-0.2, 0) is 30.0 Å². The van der Waals surface area contributed by atoms with Crippen LogP contribution < -0.4 is 10.8 Å². The van der Waals surface area contributed by atoms with Gasteiger partial charge in [-0.25, -0.2) is 20.0 Å². The van der Waals surface area contributed by atoms with Gasteiger partial charge in [0.15, 0.2) is 11.5 Å². The lowest BCUT2D eigenvalue weighted by molar-refractivity contribution is -0.156. The summed E-state index contributed by atoms with van der Waals surface area (Å²) in [7, 11) is -3.82. The van der Waals surface area contributed by atoms with Gasteiger partial charge in [0.2, 0.25) is 0 Å². The average molecular weight is 594 g/mol. The van der Waals surface area contributed by atoms with E-state index in [1.807, 2.05) is 6.92 Å². The Hall–Kier alpha value is -2.56. The number of hydrogen-bond donors (Lipinski definition) is 2. The van der Waals surface area contributed by atoms with Gasteiger partial charge >= 0.3 is 13.5 Å². The molecule has 0 saturated heterocycles. The van der Waals surface area contributed by atoms with Crippen LogP contribution in [0, 0.1) is 11.8 Å². The van der Waals surface area contributed by atoms with E-state index in [0.29, 0.717) is 48.2 Å². The van der Waals surface area contributed by atoms with Crippen LogP contribution >= 0.6 is 7.52 Å². The van der Waals surface area contributed by atoms with Gasteiger partial charge in [0.25, 0.3) is 0 Å². The lowest BCUT2D eigenvalue weighted by Gasteiger charge is -2.31. The van der Waals surface area contributed by atoms with Crippen molar-refractivity contribution in [2.24, 2.45) is 17.0 Å². The summed E-state index contributed by atoms with van der Waals surface area (Å²) < 4.78 is 33.6. The molecule has 1 aliphatic rings. The third-order valence-corrected chi connectivity index (χ3v) is 8.52. The van der Waals surface area contributed by atoms with Crippen molar-refractivity contribution in [1.82, 2.24) is 24.6 Å². The second kappa shape index (κ2) is 14.6. The molecule has 13 heteroatoms. The number of nitrogen functional groups attached to an aromatic ring is 1. The van der Waals surface area contributed by atoms with E-state index in [4.69, 9.17) is 19.8 Å². The van der Waals surface area contributed by atoms with Crippen LogP contribution in [0.3, 0.4) is 0 Å². The summed E-state index contributed by atoms with van der Waals surface area (Å²) >= 11 is 0. The number of anilines is 1. The third kappa shape index (κ3) is 10.0. The number of oxime groups is 1. The number of rotatable bonds is 15. The fourth-order valence-electron chi connectivity index (χ4n) is 4.84. The number of imidazole rings is 1. The minimum Gasteiger partial charge on any atom is -0.461 e. The standard InChI is InChI=1S/C28H48N7O5P/c1-19(2)13-22(14-20(3)4)33-40-41(37,34-28(6,7)27(36)39-23-11-9-8-10-12-23)18-38-21(5)15-35-17-32-24-25(29)30-16-31-26(24)35/h16-17,19-21,23H,8-15,18H2,1-7H3,(H,34,37)(H2,29,30,31)/t21-,41?/m1/s1. The highest BCUT2D eigenvalue weighted by Crippen LogP contribution is 2.46. The predicted molar refractivity (Wildman–Crippen MR) is 160 cm³/mol. The molecule has 230 valence electrons. The number of ether oxygens (including phenoxy) is 2. The number of nitrogens with one attached hydrogen (secondary N) is 1. The van der Waals surface area contributed by atoms with Crippen molar-refractivity contribution in [2.45, 2.75) is 118 Å². The molecule has 2 heterocycles. The molecule has 1 unspecified atom stereocenters. The van der Waals surface area contributed by atoms with Crippen LogP contribution in [0.25, 0.3) is 11.2 Å². The fourth-order valence-corrected chi connectivity index (χ4v) is 6.63. The Balaban J connectivity index is 1.76. The van der Waals surface area contributed by atoms with E-state index in [2.05, 4.69) is 52.9 Å². The molecule has 0 amide bonds. The Morgan fingerprint density at radius 2 is 1.78 bits per heavy atom. The Kier molecular flexibility index (Phi) is 11.7. The van der Waals surface area contributed by atoms with E-state index >= 15 is 0 Å². The van der Waals surface area contributed by atoms with Crippen LogP contribution in [-0.4, -0.2) is 55.3 Å². The maximum Gasteiger partial charge on any atom is 0.365 e. The molecule has 0 aromatic carbocycles. The third-order valence-electron chi connectivity index (χ3n) is 6.79. The van der Waals surface area contributed by atoms with E-state index in [0.717, 1.165) is 37.8 Å². The average Bonchev–Trinajstić information content (AvgIpc) is 3.30. The van der Waals surface area contributed by atoms with Crippen molar-refractivity contribution < 1.29 is 23.5 Å². The van der Waals surface area contributed by atoms with Crippen LogP contribution in [0.2, 0.25) is 0 Å². The SMILES string of the molecule is CC(C)CC(CC(C)C)=NOP(=O)(CO[C@H](C)Cn1cnc2c(N)ncnc21)NC(C)(C)C(=O)OC1CCCCC1. The Morgan fingerprint density at radius 3 is 2.41 bits per heavy atom. The maximum absolute atomic E-state index is 14.2. The number of fused-ring (bicyclic) bond motifs is 1. The van der Waals surface area contributed by atoms with E-state index in [9.17, 15) is 9.36 Å². The van der Waals surface area contributed by atoms with Crippen molar-refractivity contribution >= 4 is 36.2 Å². The molecule has 3 rings (SSSR count). The fraction of sp³-hybridized carbons (Fsp3) is 0.750. The summed E-state index contributed by atoms with van der Waals surface area (Å²) in [5, 5.41) is 7.30.